The van der Waals surface area contributed by atoms with Crippen molar-refractivity contribution in [3.8, 4) is 28.6 Å². The second-order valence-corrected chi connectivity index (χ2v) is 7.92. The maximum atomic E-state index is 14.5. The summed E-state index contributed by atoms with van der Waals surface area (Å²) in [6.07, 6.45) is -0.614. The molecule has 0 fully saturated rings. The summed E-state index contributed by atoms with van der Waals surface area (Å²) >= 11 is 0. The number of aromatic nitrogens is 1. The van der Waals surface area contributed by atoms with Crippen LogP contribution in [0.2, 0.25) is 0 Å². The number of nitrogens with zero attached hydrogens (tertiary/aromatic N) is 1. The summed E-state index contributed by atoms with van der Waals surface area (Å²) in [6.45, 7) is 4.23. The van der Waals surface area contributed by atoms with Crippen LogP contribution in [-0.4, -0.2) is 34.6 Å². The number of aliphatic carboxylic acids is 1. The molecule has 10 heteroatoms. The highest BCUT2D eigenvalue weighted by molar-refractivity contribution is 5.96. The number of carbonyl (C=O) groups excluding carboxylic acids is 1. The molecule has 1 aromatic heterocycles. The fraction of sp³-hybridized carbons (Fsp3) is 0.269. The first-order valence-corrected chi connectivity index (χ1v) is 11.4. The molecule has 1 unspecified atom stereocenters. The maximum Gasteiger partial charge on any atom is 0.344 e. The van der Waals surface area contributed by atoms with Gasteiger partial charge in [0.15, 0.2) is 17.7 Å². The minimum atomic E-state index is -1.38. The van der Waals surface area contributed by atoms with Gasteiger partial charge in [0.05, 0.1) is 0 Å². The van der Waals surface area contributed by atoms with E-state index < -0.39 is 35.5 Å². The van der Waals surface area contributed by atoms with Crippen LogP contribution in [0, 0.1) is 11.6 Å². The lowest BCUT2D eigenvalue weighted by Crippen LogP contribution is -2.26. The summed E-state index contributed by atoms with van der Waals surface area (Å²) in [5.41, 5.74) is 8.22. The van der Waals surface area contributed by atoms with E-state index in [1.165, 1.54) is 13.0 Å². The third-order valence-electron chi connectivity index (χ3n) is 5.18. The highest BCUT2D eigenvalue weighted by atomic mass is 19.1. The number of carboxylic acids is 1. The average molecular weight is 500 g/mol. The van der Waals surface area contributed by atoms with Gasteiger partial charge in [-0.25, -0.2) is 13.6 Å². The number of halogens is 2. The SMILES string of the molecule is CCCNC(=O)c1cc(Oc2nc(OC(CC)C(=O)O)c(F)cc2F)cc(-c2cccc(CN)c2)c1. The topological polar surface area (TPSA) is 124 Å². The van der Waals surface area contributed by atoms with E-state index in [0.29, 0.717) is 24.7 Å². The fourth-order valence-corrected chi connectivity index (χ4v) is 3.32. The van der Waals surface area contributed by atoms with Gasteiger partial charge in [-0.05, 0) is 53.8 Å². The molecule has 0 radical (unpaired) electrons. The molecule has 0 saturated carbocycles. The lowest BCUT2D eigenvalue weighted by Gasteiger charge is -2.15. The predicted molar refractivity (Wildman–Crippen MR) is 129 cm³/mol. The van der Waals surface area contributed by atoms with Crippen LogP contribution in [0.1, 0.15) is 42.6 Å². The first-order valence-electron chi connectivity index (χ1n) is 11.4. The molecule has 0 aliphatic rings. The van der Waals surface area contributed by atoms with Crippen LogP contribution in [0.25, 0.3) is 11.1 Å². The Morgan fingerprint density at radius 3 is 2.47 bits per heavy atom. The molecule has 0 saturated heterocycles. The molecule has 3 rings (SSSR count). The van der Waals surface area contributed by atoms with Gasteiger partial charge in [-0.15, -0.1) is 0 Å². The van der Waals surface area contributed by atoms with Crippen molar-refractivity contribution in [3.63, 3.8) is 0 Å². The number of benzene rings is 2. The number of ether oxygens (including phenoxy) is 2. The van der Waals surface area contributed by atoms with Gasteiger partial charge < -0.3 is 25.6 Å². The number of carboxylic acid groups (broad SMARTS) is 1. The van der Waals surface area contributed by atoms with Gasteiger partial charge in [-0.3, -0.25) is 4.79 Å². The lowest BCUT2D eigenvalue weighted by atomic mass is 10.00. The van der Waals surface area contributed by atoms with Crippen molar-refractivity contribution in [1.82, 2.24) is 10.3 Å². The van der Waals surface area contributed by atoms with E-state index in [0.717, 1.165) is 17.5 Å². The molecule has 2 aromatic carbocycles. The van der Waals surface area contributed by atoms with Crippen LogP contribution in [0.4, 0.5) is 8.78 Å². The van der Waals surface area contributed by atoms with Crippen LogP contribution in [0.3, 0.4) is 0 Å². The standard InChI is InChI=1S/C26H27F2N3O5/c1-3-8-30-23(32)18-10-17(16-7-5-6-15(9-16)14-29)11-19(12-18)35-24-20(27)13-21(28)25(31-24)36-22(4-2)26(33)34/h5-7,9-13,22H,3-4,8,14,29H2,1-2H3,(H,30,32)(H,33,34). The van der Waals surface area contributed by atoms with E-state index in [1.54, 1.807) is 12.1 Å². The van der Waals surface area contributed by atoms with Crippen LogP contribution in [0.15, 0.2) is 48.5 Å². The quantitative estimate of drug-likeness (QED) is 0.351. The van der Waals surface area contributed by atoms with Gasteiger partial charge >= 0.3 is 5.97 Å². The molecule has 1 atom stereocenters. The molecule has 0 aliphatic carbocycles. The zero-order valence-corrected chi connectivity index (χ0v) is 19.9. The Morgan fingerprint density at radius 2 is 1.81 bits per heavy atom. The highest BCUT2D eigenvalue weighted by Crippen LogP contribution is 2.32. The van der Waals surface area contributed by atoms with Crippen LogP contribution >= 0.6 is 0 Å². The Balaban J connectivity index is 2.03. The molecular weight excluding hydrogens is 472 g/mol. The number of rotatable bonds is 11. The third kappa shape index (κ3) is 6.54. The summed E-state index contributed by atoms with van der Waals surface area (Å²) in [7, 11) is 0. The van der Waals surface area contributed by atoms with Crippen molar-refractivity contribution in [3.05, 3.63) is 71.3 Å². The molecular formula is C26H27F2N3O5. The van der Waals surface area contributed by atoms with E-state index in [9.17, 15) is 23.5 Å². The van der Waals surface area contributed by atoms with E-state index in [2.05, 4.69) is 10.3 Å². The lowest BCUT2D eigenvalue weighted by molar-refractivity contribution is -0.145. The summed E-state index contributed by atoms with van der Waals surface area (Å²) in [5.74, 6) is -5.28. The first-order chi connectivity index (χ1) is 17.2. The van der Waals surface area contributed by atoms with E-state index in [-0.39, 0.29) is 23.6 Å². The van der Waals surface area contributed by atoms with E-state index in [4.69, 9.17) is 15.2 Å². The molecule has 1 amide bonds. The zero-order chi connectivity index (χ0) is 26.2. The molecule has 4 N–H and O–H groups in total. The zero-order valence-electron chi connectivity index (χ0n) is 19.9. The number of amides is 1. The van der Waals surface area contributed by atoms with E-state index >= 15 is 0 Å². The minimum absolute atomic E-state index is 0.0319. The summed E-state index contributed by atoms with van der Waals surface area (Å²) < 4.78 is 39.5. The van der Waals surface area contributed by atoms with E-state index in [1.807, 2.05) is 31.2 Å². The Morgan fingerprint density at radius 1 is 1.06 bits per heavy atom. The van der Waals surface area contributed by atoms with Gasteiger partial charge in [0.1, 0.15) is 5.75 Å². The molecule has 8 nitrogen and oxygen atoms in total. The molecule has 3 aromatic rings. The van der Waals surface area contributed by atoms with Crippen LogP contribution in [0.5, 0.6) is 17.5 Å². The molecule has 0 bridgehead atoms. The predicted octanol–water partition coefficient (Wildman–Crippen LogP) is 4.66. The fourth-order valence-electron chi connectivity index (χ4n) is 3.32. The van der Waals surface area contributed by atoms with Crippen LogP contribution in [-0.2, 0) is 11.3 Å². The first kappa shape index (κ1) is 26.6. The van der Waals surface area contributed by atoms with Crippen molar-refractivity contribution in [1.29, 1.82) is 0 Å². The Labute approximate surface area is 207 Å². The monoisotopic (exact) mass is 499 g/mol. The molecule has 190 valence electrons. The Bertz CT molecular complexity index is 1250. The summed E-state index contributed by atoms with van der Waals surface area (Å²) in [5, 5.41) is 12.0. The second kappa shape index (κ2) is 12.1. The molecule has 1 heterocycles. The number of nitrogens with two attached hydrogens (primary N) is 1. The molecule has 36 heavy (non-hydrogen) atoms. The van der Waals surface area contributed by atoms with Crippen molar-refractivity contribution in [2.24, 2.45) is 5.73 Å². The number of nitrogens with one attached hydrogen (secondary N) is 1. The van der Waals surface area contributed by atoms with Crippen molar-refractivity contribution >= 4 is 11.9 Å². The minimum Gasteiger partial charge on any atom is -0.479 e. The summed E-state index contributed by atoms with van der Waals surface area (Å²) in [4.78, 5) is 27.7. The largest absolute Gasteiger partial charge is 0.479 e. The van der Waals surface area contributed by atoms with Crippen LogP contribution < -0.4 is 20.5 Å². The third-order valence-corrected chi connectivity index (χ3v) is 5.18. The highest BCUT2D eigenvalue weighted by Gasteiger charge is 2.23. The number of pyridine rings is 1. The normalized spacial score (nSPS) is 11.6. The van der Waals surface area contributed by atoms with Gasteiger partial charge in [-0.2, -0.15) is 4.98 Å². The number of hydrogen-bond donors (Lipinski definition) is 3. The Kier molecular flexibility index (Phi) is 8.91. The molecule has 0 spiro atoms. The maximum absolute atomic E-state index is 14.5. The van der Waals surface area contributed by atoms with Gasteiger partial charge in [0.25, 0.3) is 17.7 Å². The average Bonchev–Trinajstić information content (AvgIpc) is 2.87. The Hall–Kier alpha value is -4.05. The molecule has 0 aliphatic heterocycles. The summed E-state index contributed by atoms with van der Waals surface area (Å²) in [6, 6.07) is 12.5. The number of hydrogen-bond acceptors (Lipinski definition) is 6. The number of carbonyl (C=O) groups is 2. The second-order valence-electron chi connectivity index (χ2n) is 7.92. The van der Waals surface area contributed by atoms with Gasteiger partial charge in [-0.1, -0.05) is 32.0 Å². The van der Waals surface area contributed by atoms with Crippen molar-refractivity contribution < 1.29 is 33.0 Å². The van der Waals surface area contributed by atoms with Gasteiger partial charge in [0.2, 0.25) is 0 Å². The van der Waals surface area contributed by atoms with Gasteiger partial charge in [0, 0.05) is 24.7 Å². The smallest absolute Gasteiger partial charge is 0.344 e. The van der Waals surface area contributed by atoms with Crippen molar-refractivity contribution in [2.75, 3.05) is 6.54 Å². The van der Waals surface area contributed by atoms with Crippen molar-refractivity contribution in [2.45, 2.75) is 39.3 Å².